The predicted molar refractivity (Wildman–Crippen MR) is 58.1 cm³/mol. The van der Waals surface area contributed by atoms with E-state index in [0.29, 0.717) is 13.0 Å². The van der Waals surface area contributed by atoms with Crippen molar-refractivity contribution in [1.29, 1.82) is 0 Å². The standard InChI is InChI=1S/C9H21NO3S/c1-3-5-6-14(12,13)8-9(11)7-10-4-2/h9-11H,3-8H2,1-2H3. The summed E-state index contributed by atoms with van der Waals surface area (Å²) in [5, 5.41) is 12.3. The largest absolute Gasteiger partial charge is 0.391 e. The van der Waals surface area contributed by atoms with Gasteiger partial charge in [-0.25, -0.2) is 8.42 Å². The van der Waals surface area contributed by atoms with Gasteiger partial charge < -0.3 is 10.4 Å². The number of aliphatic hydroxyl groups excluding tert-OH is 1. The molecule has 0 bridgehead atoms. The van der Waals surface area contributed by atoms with E-state index in [1.165, 1.54) is 0 Å². The zero-order valence-corrected chi connectivity index (χ0v) is 9.81. The Balaban J connectivity index is 3.83. The third-order valence-electron chi connectivity index (χ3n) is 1.89. The lowest BCUT2D eigenvalue weighted by molar-refractivity contribution is 0.194. The van der Waals surface area contributed by atoms with Crippen LogP contribution in [0.1, 0.15) is 26.7 Å². The zero-order valence-electron chi connectivity index (χ0n) is 8.99. The van der Waals surface area contributed by atoms with E-state index in [0.717, 1.165) is 13.0 Å². The van der Waals surface area contributed by atoms with E-state index < -0.39 is 15.9 Å². The zero-order chi connectivity index (χ0) is 11.0. The normalized spacial score (nSPS) is 14.2. The lowest BCUT2D eigenvalue weighted by Gasteiger charge is -2.10. The SMILES string of the molecule is CCCCS(=O)(=O)CC(O)CNCC. The van der Waals surface area contributed by atoms with E-state index in [4.69, 9.17) is 0 Å². The summed E-state index contributed by atoms with van der Waals surface area (Å²) in [5.41, 5.74) is 0. The highest BCUT2D eigenvalue weighted by Crippen LogP contribution is 1.99. The molecule has 14 heavy (non-hydrogen) atoms. The molecule has 0 saturated carbocycles. The summed E-state index contributed by atoms with van der Waals surface area (Å²) in [7, 11) is -3.06. The van der Waals surface area contributed by atoms with Crippen molar-refractivity contribution in [1.82, 2.24) is 5.32 Å². The van der Waals surface area contributed by atoms with E-state index in [-0.39, 0.29) is 11.5 Å². The second-order valence-corrected chi connectivity index (χ2v) is 5.66. The molecule has 0 spiro atoms. The topological polar surface area (TPSA) is 66.4 Å². The monoisotopic (exact) mass is 223 g/mol. The number of hydrogen-bond donors (Lipinski definition) is 2. The first-order valence-corrected chi connectivity index (χ1v) is 6.93. The second-order valence-electron chi connectivity index (χ2n) is 3.43. The van der Waals surface area contributed by atoms with Crippen LogP contribution in [0.2, 0.25) is 0 Å². The molecule has 86 valence electrons. The molecule has 0 aliphatic rings. The minimum atomic E-state index is -3.06. The van der Waals surface area contributed by atoms with Crippen molar-refractivity contribution in [2.45, 2.75) is 32.8 Å². The van der Waals surface area contributed by atoms with Gasteiger partial charge in [-0.2, -0.15) is 0 Å². The van der Waals surface area contributed by atoms with Crippen LogP contribution in [0.4, 0.5) is 0 Å². The van der Waals surface area contributed by atoms with Crippen molar-refractivity contribution >= 4 is 9.84 Å². The van der Waals surface area contributed by atoms with Crippen LogP contribution in [-0.4, -0.2) is 44.2 Å². The van der Waals surface area contributed by atoms with Crippen LogP contribution in [0.3, 0.4) is 0 Å². The molecule has 0 aliphatic heterocycles. The summed E-state index contributed by atoms with van der Waals surface area (Å²) in [6.07, 6.45) is 0.760. The first-order chi connectivity index (χ1) is 6.52. The van der Waals surface area contributed by atoms with Gasteiger partial charge in [-0.15, -0.1) is 0 Å². The third kappa shape index (κ3) is 7.29. The number of rotatable bonds is 8. The lowest BCUT2D eigenvalue weighted by atomic mass is 10.4. The summed E-state index contributed by atoms with van der Waals surface area (Å²) >= 11 is 0. The van der Waals surface area contributed by atoms with Crippen molar-refractivity contribution < 1.29 is 13.5 Å². The maximum atomic E-state index is 11.4. The summed E-state index contributed by atoms with van der Waals surface area (Å²) in [6.45, 7) is 4.96. The van der Waals surface area contributed by atoms with Crippen molar-refractivity contribution in [3.05, 3.63) is 0 Å². The van der Waals surface area contributed by atoms with Crippen LogP contribution in [0, 0.1) is 0 Å². The molecule has 1 atom stereocenters. The van der Waals surface area contributed by atoms with Gasteiger partial charge in [-0.3, -0.25) is 0 Å². The Morgan fingerprint density at radius 3 is 2.50 bits per heavy atom. The molecule has 0 amide bonds. The summed E-state index contributed by atoms with van der Waals surface area (Å²) in [6, 6.07) is 0. The minimum absolute atomic E-state index is 0.125. The molecule has 1 unspecified atom stereocenters. The number of nitrogens with one attached hydrogen (secondary N) is 1. The smallest absolute Gasteiger partial charge is 0.152 e. The molecule has 0 saturated heterocycles. The summed E-state index contributed by atoms with van der Waals surface area (Å²) in [4.78, 5) is 0. The van der Waals surface area contributed by atoms with Crippen LogP contribution < -0.4 is 5.32 Å². The van der Waals surface area contributed by atoms with Gasteiger partial charge in [0, 0.05) is 6.54 Å². The van der Waals surface area contributed by atoms with Crippen LogP contribution in [-0.2, 0) is 9.84 Å². The fourth-order valence-corrected chi connectivity index (χ4v) is 2.71. The molecule has 0 heterocycles. The Morgan fingerprint density at radius 1 is 1.36 bits per heavy atom. The number of sulfone groups is 1. The number of likely N-dealkylation sites (N-methyl/N-ethyl adjacent to an activating group) is 1. The number of unbranched alkanes of at least 4 members (excludes halogenated alkanes) is 1. The van der Waals surface area contributed by atoms with Crippen molar-refractivity contribution in [3.8, 4) is 0 Å². The highest BCUT2D eigenvalue weighted by atomic mass is 32.2. The molecule has 0 aromatic rings. The van der Waals surface area contributed by atoms with Crippen molar-refractivity contribution in [2.75, 3.05) is 24.6 Å². The second kappa shape index (κ2) is 7.20. The molecule has 0 aromatic heterocycles. The molecule has 0 aliphatic carbocycles. The number of hydrogen-bond acceptors (Lipinski definition) is 4. The Labute approximate surface area is 86.6 Å². The fraction of sp³-hybridized carbons (Fsp3) is 1.00. The van der Waals surface area contributed by atoms with Crippen LogP contribution in [0.15, 0.2) is 0 Å². The average molecular weight is 223 g/mol. The van der Waals surface area contributed by atoms with Crippen molar-refractivity contribution in [2.24, 2.45) is 0 Å². The van der Waals surface area contributed by atoms with Gasteiger partial charge in [0.1, 0.15) is 0 Å². The summed E-state index contributed by atoms with van der Waals surface area (Å²) in [5.74, 6) is 0.0622. The first-order valence-electron chi connectivity index (χ1n) is 5.11. The molecule has 0 radical (unpaired) electrons. The fourth-order valence-electron chi connectivity index (χ4n) is 1.11. The van der Waals surface area contributed by atoms with Crippen LogP contribution in [0.5, 0.6) is 0 Å². The molecular weight excluding hydrogens is 202 g/mol. The van der Waals surface area contributed by atoms with Gasteiger partial charge in [0.15, 0.2) is 9.84 Å². The quantitative estimate of drug-likeness (QED) is 0.616. The van der Waals surface area contributed by atoms with E-state index in [2.05, 4.69) is 5.32 Å². The van der Waals surface area contributed by atoms with Crippen molar-refractivity contribution in [3.63, 3.8) is 0 Å². The van der Waals surface area contributed by atoms with Gasteiger partial charge in [0.2, 0.25) is 0 Å². The Kier molecular flexibility index (Phi) is 7.13. The maximum Gasteiger partial charge on any atom is 0.152 e. The van der Waals surface area contributed by atoms with Crippen LogP contribution in [0.25, 0.3) is 0 Å². The van der Waals surface area contributed by atoms with Gasteiger partial charge in [0.05, 0.1) is 17.6 Å². The average Bonchev–Trinajstić information content (AvgIpc) is 2.11. The molecule has 5 heteroatoms. The molecule has 4 nitrogen and oxygen atoms in total. The molecule has 2 N–H and O–H groups in total. The minimum Gasteiger partial charge on any atom is -0.391 e. The first kappa shape index (κ1) is 13.9. The third-order valence-corrected chi connectivity index (χ3v) is 3.69. The highest BCUT2D eigenvalue weighted by Gasteiger charge is 2.15. The van der Waals surface area contributed by atoms with Gasteiger partial charge in [-0.05, 0) is 13.0 Å². The van der Waals surface area contributed by atoms with Gasteiger partial charge >= 0.3 is 0 Å². The Morgan fingerprint density at radius 2 is 2.00 bits per heavy atom. The van der Waals surface area contributed by atoms with E-state index >= 15 is 0 Å². The van der Waals surface area contributed by atoms with E-state index in [1.807, 2.05) is 13.8 Å². The highest BCUT2D eigenvalue weighted by molar-refractivity contribution is 7.91. The summed E-state index contributed by atoms with van der Waals surface area (Å²) < 4.78 is 22.8. The predicted octanol–water partition coefficient (Wildman–Crippen LogP) is 0.172. The molecule has 0 fully saturated rings. The molecular formula is C9H21NO3S. The Bertz CT molecular complexity index is 226. The van der Waals surface area contributed by atoms with Crippen LogP contribution >= 0.6 is 0 Å². The van der Waals surface area contributed by atoms with Gasteiger partial charge in [-0.1, -0.05) is 20.3 Å². The van der Waals surface area contributed by atoms with Gasteiger partial charge in [0.25, 0.3) is 0 Å². The molecule has 0 aromatic carbocycles. The maximum absolute atomic E-state index is 11.4. The Hall–Kier alpha value is -0.130. The molecule has 0 rings (SSSR count). The number of aliphatic hydroxyl groups is 1. The lowest BCUT2D eigenvalue weighted by Crippen LogP contribution is -2.33. The van der Waals surface area contributed by atoms with E-state index in [1.54, 1.807) is 0 Å². The van der Waals surface area contributed by atoms with E-state index in [9.17, 15) is 13.5 Å².